The third-order valence-corrected chi connectivity index (χ3v) is 5.29. The summed E-state index contributed by atoms with van der Waals surface area (Å²) in [6.45, 7) is 4.14. The third kappa shape index (κ3) is 6.32. The molecule has 1 heterocycles. The molecule has 144 valence electrons. The summed E-state index contributed by atoms with van der Waals surface area (Å²) in [6, 6.07) is 6.31. The Morgan fingerprint density at radius 2 is 1.85 bits per heavy atom. The van der Waals surface area contributed by atoms with Crippen LogP contribution in [0.3, 0.4) is 0 Å². The van der Waals surface area contributed by atoms with Crippen molar-refractivity contribution in [3.05, 3.63) is 42.0 Å². The number of ether oxygens (including phenoxy) is 2. The van der Waals surface area contributed by atoms with E-state index in [0.717, 1.165) is 31.2 Å². The van der Waals surface area contributed by atoms with E-state index < -0.39 is 22.5 Å². The van der Waals surface area contributed by atoms with Crippen LogP contribution in [-0.2, 0) is 28.6 Å². The van der Waals surface area contributed by atoms with E-state index in [9.17, 15) is 13.2 Å². The minimum Gasteiger partial charge on any atom is -0.349 e. The highest BCUT2D eigenvalue weighted by Crippen LogP contribution is 2.17. The van der Waals surface area contributed by atoms with Gasteiger partial charge in [0.15, 0.2) is 12.1 Å². The molecule has 0 spiro atoms. The summed E-state index contributed by atoms with van der Waals surface area (Å²) in [6.07, 6.45) is 5.51. The van der Waals surface area contributed by atoms with Crippen molar-refractivity contribution in [2.75, 3.05) is 13.2 Å². The van der Waals surface area contributed by atoms with Crippen molar-refractivity contribution in [1.82, 2.24) is 0 Å². The van der Waals surface area contributed by atoms with E-state index >= 15 is 0 Å². The third-order valence-electron chi connectivity index (χ3n) is 4.00. The van der Waals surface area contributed by atoms with Crippen LogP contribution in [0.15, 0.2) is 41.3 Å². The minimum absolute atomic E-state index is 0.0469. The molecule has 6 nitrogen and oxygen atoms in total. The van der Waals surface area contributed by atoms with Crippen LogP contribution in [0.25, 0.3) is 0 Å². The van der Waals surface area contributed by atoms with Gasteiger partial charge in [-0.1, -0.05) is 43.9 Å². The Morgan fingerprint density at radius 1 is 1.12 bits per heavy atom. The summed E-state index contributed by atoms with van der Waals surface area (Å²) in [4.78, 5) is 12.0. The molecule has 0 saturated carbocycles. The van der Waals surface area contributed by atoms with E-state index in [-0.39, 0.29) is 17.3 Å². The fourth-order valence-corrected chi connectivity index (χ4v) is 3.33. The normalized spacial score (nSPS) is 20.5. The van der Waals surface area contributed by atoms with Crippen molar-refractivity contribution >= 4 is 15.9 Å². The Balaban J connectivity index is 1.85. The Labute approximate surface area is 155 Å². The Bertz CT molecular complexity index is 708. The molecule has 0 fully saturated rings. The van der Waals surface area contributed by atoms with Crippen LogP contribution < -0.4 is 0 Å². The number of rotatable bonds is 10. The second-order valence-electron chi connectivity index (χ2n) is 6.24. The second-order valence-corrected chi connectivity index (χ2v) is 7.85. The van der Waals surface area contributed by atoms with Gasteiger partial charge in [-0.25, -0.2) is 0 Å². The number of carbonyl (C=O) groups is 1. The molecule has 0 aliphatic carbocycles. The molecule has 0 amide bonds. The highest BCUT2D eigenvalue weighted by atomic mass is 32.2. The van der Waals surface area contributed by atoms with Gasteiger partial charge in [-0.15, -0.1) is 0 Å². The first kappa shape index (κ1) is 20.8. The molecular formula is C19H26O6S. The Kier molecular flexibility index (Phi) is 7.96. The zero-order valence-electron chi connectivity index (χ0n) is 15.2. The zero-order valence-corrected chi connectivity index (χ0v) is 16.0. The van der Waals surface area contributed by atoms with E-state index in [4.69, 9.17) is 13.7 Å². The van der Waals surface area contributed by atoms with E-state index in [0.29, 0.717) is 6.61 Å². The van der Waals surface area contributed by atoms with Crippen molar-refractivity contribution in [2.45, 2.75) is 56.8 Å². The molecule has 0 aromatic heterocycles. The SMILES string of the molecule is CCCCCCO[C@@H]1C=CC(=O)[C@@H](COS(=O)(=O)c2ccc(C)cc2)O1. The van der Waals surface area contributed by atoms with E-state index in [1.165, 1.54) is 24.3 Å². The van der Waals surface area contributed by atoms with Gasteiger partial charge in [-0.2, -0.15) is 8.42 Å². The molecule has 26 heavy (non-hydrogen) atoms. The predicted octanol–water partition coefficient (Wildman–Crippen LogP) is 3.15. The van der Waals surface area contributed by atoms with Crippen LogP contribution in [-0.4, -0.2) is 39.8 Å². The topological polar surface area (TPSA) is 78.9 Å². The first-order chi connectivity index (χ1) is 12.4. The summed E-state index contributed by atoms with van der Waals surface area (Å²) in [5.74, 6) is -0.338. The fourth-order valence-electron chi connectivity index (χ4n) is 2.42. The maximum atomic E-state index is 12.2. The quantitative estimate of drug-likeness (QED) is 0.457. The van der Waals surface area contributed by atoms with E-state index in [2.05, 4.69) is 6.92 Å². The lowest BCUT2D eigenvalue weighted by Crippen LogP contribution is -2.37. The minimum atomic E-state index is -3.94. The largest absolute Gasteiger partial charge is 0.349 e. The predicted molar refractivity (Wildman–Crippen MR) is 97.2 cm³/mol. The van der Waals surface area contributed by atoms with Crippen LogP contribution in [0.1, 0.15) is 38.2 Å². The van der Waals surface area contributed by atoms with Crippen LogP contribution in [0.2, 0.25) is 0 Å². The summed E-state index contributed by atoms with van der Waals surface area (Å²) in [7, 11) is -3.94. The standard InChI is InChI=1S/C19H26O6S/c1-3-4-5-6-13-23-19-12-11-17(20)18(25-19)14-24-26(21,22)16-9-7-15(2)8-10-16/h7-12,18-19H,3-6,13-14H2,1-2H3/t18-,19+/m1/s1. The second kappa shape index (κ2) is 9.97. The lowest BCUT2D eigenvalue weighted by molar-refractivity contribution is -0.167. The highest BCUT2D eigenvalue weighted by Gasteiger charge is 2.28. The molecule has 1 aromatic rings. The molecule has 2 atom stereocenters. The van der Waals surface area contributed by atoms with Crippen LogP contribution >= 0.6 is 0 Å². The Hall–Kier alpha value is -1.54. The number of benzene rings is 1. The van der Waals surface area contributed by atoms with Crippen LogP contribution in [0.5, 0.6) is 0 Å². The lowest BCUT2D eigenvalue weighted by Gasteiger charge is -2.24. The average molecular weight is 382 g/mol. The summed E-state index contributed by atoms with van der Waals surface area (Å²) in [5, 5.41) is 0. The number of ketones is 1. The molecule has 7 heteroatoms. The van der Waals surface area contributed by atoms with Crippen LogP contribution in [0, 0.1) is 6.92 Å². The van der Waals surface area contributed by atoms with Gasteiger partial charge in [0.05, 0.1) is 11.5 Å². The number of aryl methyl sites for hydroxylation is 1. The molecule has 1 aliphatic heterocycles. The molecule has 0 saturated heterocycles. The molecule has 0 bridgehead atoms. The number of unbranched alkanes of at least 4 members (excludes halogenated alkanes) is 3. The molecule has 0 unspecified atom stereocenters. The van der Waals surface area contributed by atoms with Crippen molar-refractivity contribution in [2.24, 2.45) is 0 Å². The zero-order chi connectivity index (χ0) is 19.0. The summed E-state index contributed by atoms with van der Waals surface area (Å²) >= 11 is 0. The molecule has 0 radical (unpaired) electrons. The summed E-state index contributed by atoms with van der Waals surface area (Å²) in [5.41, 5.74) is 0.943. The number of carbonyl (C=O) groups excluding carboxylic acids is 1. The highest BCUT2D eigenvalue weighted by molar-refractivity contribution is 7.86. The molecule has 1 aliphatic rings. The molecule has 0 N–H and O–H groups in total. The Morgan fingerprint density at radius 3 is 2.54 bits per heavy atom. The van der Waals surface area contributed by atoms with E-state index in [1.54, 1.807) is 12.1 Å². The number of hydrogen-bond donors (Lipinski definition) is 0. The maximum Gasteiger partial charge on any atom is 0.297 e. The van der Waals surface area contributed by atoms with Gasteiger partial charge in [-0.3, -0.25) is 8.98 Å². The van der Waals surface area contributed by atoms with Gasteiger partial charge in [0, 0.05) is 0 Å². The first-order valence-corrected chi connectivity index (χ1v) is 10.3. The van der Waals surface area contributed by atoms with Crippen molar-refractivity contribution in [1.29, 1.82) is 0 Å². The van der Waals surface area contributed by atoms with Gasteiger partial charge >= 0.3 is 0 Å². The van der Waals surface area contributed by atoms with Crippen LogP contribution in [0.4, 0.5) is 0 Å². The maximum absolute atomic E-state index is 12.2. The molecule has 1 aromatic carbocycles. The van der Waals surface area contributed by atoms with Gasteiger partial charge < -0.3 is 9.47 Å². The lowest BCUT2D eigenvalue weighted by atomic mass is 10.2. The van der Waals surface area contributed by atoms with Gasteiger partial charge in [0.2, 0.25) is 0 Å². The van der Waals surface area contributed by atoms with Gasteiger partial charge in [0.1, 0.15) is 12.7 Å². The summed E-state index contributed by atoms with van der Waals surface area (Å²) < 4.78 is 40.5. The van der Waals surface area contributed by atoms with Crippen molar-refractivity contribution < 1.29 is 26.9 Å². The molecule has 2 rings (SSSR count). The van der Waals surface area contributed by atoms with E-state index in [1.807, 2.05) is 6.92 Å². The van der Waals surface area contributed by atoms with Crippen molar-refractivity contribution in [3.63, 3.8) is 0 Å². The monoisotopic (exact) mass is 382 g/mol. The first-order valence-electron chi connectivity index (χ1n) is 8.87. The average Bonchev–Trinajstić information content (AvgIpc) is 2.62. The smallest absolute Gasteiger partial charge is 0.297 e. The number of hydrogen-bond acceptors (Lipinski definition) is 6. The van der Waals surface area contributed by atoms with Gasteiger partial charge in [0.25, 0.3) is 10.1 Å². The molecular weight excluding hydrogens is 356 g/mol. The van der Waals surface area contributed by atoms with Crippen molar-refractivity contribution in [3.8, 4) is 0 Å². The van der Waals surface area contributed by atoms with Gasteiger partial charge in [-0.05, 0) is 37.6 Å². The fraction of sp³-hybridized carbons (Fsp3) is 0.526.